The number of rotatable bonds is 5. The number of nitrogens with two attached hydrogens (primary N) is 1. The Balaban J connectivity index is 2.95. The van der Waals surface area contributed by atoms with Crippen molar-refractivity contribution >= 4 is 5.97 Å². The van der Waals surface area contributed by atoms with Crippen LogP contribution in [0.25, 0.3) is 0 Å². The van der Waals surface area contributed by atoms with E-state index in [0.29, 0.717) is 0 Å². The van der Waals surface area contributed by atoms with Gasteiger partial charge in [0.05, 0.1) is 19.8 Å². The molecule has 0 aliphatic heterocycles. The van der Waals surface area contributed by atoms with E-state index in [1.165, 1.54) is 25.3 Å². The molecule has 0 amide bonds. The fourth-order valence-corrected chi connectivity index (χ4v) is 1.57. The third kappa shape index (κ3) is 3.16. The van der Waals surface area contributed by atoms with Crippen molar-refractivity contribution < 1.29 is 23.0 Å². The normalized spacial score (nSPS) is 12.9. The Morgan fingerprint density at radius 2 is 2.00 bits per heavy atom. The first-order valence-electron chi connectivity index (χ1n) is 5.27. The standard InChI is InChI=1S/C12H15F2NO3/c1-17-10-6-4-3-5-8(10)12(13,14)7-9(15)11(16)18-2/h3-6,9H,7,15H2,1-2H3. The number of halogens is 2. The van der Waals surface area contributed by atoms with Crippen LogP contribution in [-0.4, -0.2) is 26.2 Å². The summed E-state index contributed by atoms with van der Waals surface area (Å²) in [5.74, 6) is -4.08. The summed E-state index contributed by atoms with van der Waals surface area (Å²) in [7, 11) is 2.40. The molecule has 1 aromatic rings. The minimum atomic E-state index is -3.26. The number of esters is 1. The van der Waals surface area contributed by atoms with Gasteiger partial charge in [0.25, 0.3) is 5.92 Å². The van der Waals surface area contributed by atoms with E-state index < -0.39 is 24.4 Å². The van der Waals surface area contributed by atoms with Crippen LogP contribution in [0, 0.1) is 0 Å². The van der Waals surface area contributed by atoms with Crippen LogP contribution >= 0.6 is 0 Å². The van der Waals surface area contributed by atoms with Crippen LogP contribution in [0.2, 0.25) is 0 Å². The summed E-state index contributed by atoms with van der Waals surface area (Å²) in [5.41, 5.74) is 5.05. The minimum Gasteiger partial charge on any atom is -0.496 e. The SMILES string of the molecule is COC(=O)C(N)CC(F)(F)c1ccccc1OC. The highest BCUT2D eigenvalue weighted by Crippen LogP contribution is 2.38. The van der Waals surface area contributed by atoms with Crippen molar-refractivity contribution in [2.75, 3.05) is 14.2 Å². The molecular formula is C12H15F2NO3. The van der Waals surface area contributed by atoms with Crippen LogP contribution < -0.4 is 10.5 Å². The summed E-state index contributed by atoms with van der Waals surface area (Å²) in [6.07, 6.45) is -0.833. The molecule has 0 bridgehead atoms. The Morgan fingerprint density at radius 1 is 1.39 bits per heavy atom. The molecule has 2 N–H and O–H groups in total. The van der Waals surface area contributed by atoms with Crippen molar-refractivity contribution in [1.82, 2.24) is 0 Å². The highest BCUT2D eigenvalue weighted by atomic mass is 19.3. The highest BCUT2D eigenvalue weighted by molar-refractivity contribution is 5.75. The van der Waals surface area contributed by atoms with E-state index in [-0.39, 0.29) is 11.3 Å². The fourth-order valence-electron chi connectivity index (χ4n) is 1.57. The topological polar surface area (TPSA) is 61.5 Å². The van der Waals surface area contributed by atoms with E-state index in [4.69, 9.17) is 10.5 Å². The molecule has 0 radical (unpaired) electrons. The molecule has 0 fully saturated rings. The Labute approximate surface area is 104 Å². The lowest BCUT2D eigenvalue weighted by Crippen LogP contribution is -2.36. The lowest BCUT2D eigenvalue weighted by molar-refractivity contribution is -0.145. The number of ether oxygens (including phenoxy) is 2. The zero-order valence-corrected chi connectivity index (χ0v) is 10.2. The molecule has 0 aromatic heterocycles. The van der Waals surface area contributed by atoms with Gasteiger partial charge < -0.3 is 15.2 Å². The monoisotopic (exact) mass is 259 g/mol. The summed E-state index contributed by atoms with van der Waals surface area (Å²) < 4.78 is 37.2. The van der Waals surface area contributed by atoms with E-state index >= 15 is 0 Å². The second-order valence-corrected chi connectivity index (χ2v) is 3.74. The lowest BCUT2D eigenvalue weighted by atomic mass is 10.0. The maximum absolute atomic E-state index is 14.0. The van der Waals surface area contributed by atoms with Crippen molar-refractivity contribution in [3.8, 4) is 5.75 Å². The largest absolute Gasteiger partial charge is 0.496 e. The lowest BCUT2D eigenvalue weighted by Gasteiger charge is -2.21. The molecular weight excluding hydrogens is 244 g/mol. The summed E-state index contributed by atoms with van der Waals surface area (Å²) in [5, 5.41) is 0. The molecule has 1 rings (SSSR count). The summed E-state index contributed by atoms with van der Waals surface area (Å²) in [6.45, 7) is 0. The van der Waals surface area contributed by atoms with Crippen LogP contribution in [0.4, 0.5) is 8.78 Å². The van der Waals surface area contributed by atoms with E-state index in [0.717, 1.165) is 7.11 Å². The molecule has 0 aliphatic carbocycles. The van der Waals surface area contributed by atoms with Crippen LogP contribution in [0.3, 0.4) is 0 Å². The van der Waals surface area contributed by atoms with Gasteiger partial charge in [0.15, 0.2) is 0 Å². The quantitative estimate of drug-likeness (QED) is 0.817. The first kappa shape index (κ1) is 14.4. The molecule has 1 unspecified atom stereocenters. The smallest absolute Gasteiger partial charge is 0.322 e. The van der Waals surface area contributed by atoms with Crippen LogP contribution in [0.5, 0.6) is 5.75 Å². The van der Waals surface area contributed by atoms with Gasteiger partial charge in [-0.2, -0.15) is 0 Å². The van der Waals surface area contributed by atoms with Gasteiger partial charge in [-0.1, -0.05) is 12.1 Å². The molecule has 100 valence electrons. The Kier molecular flexibility index (Phi) is 4.61. The van der Waals surface area contributed by atoms with Gasteiger partial charge >= 0.3 is 5.97 Å². The van der Waals surface area contributed by atoms with E-state index in [1.54, 1.807) is 6.07 Å². The third-order valence-electron chi connectivity index (χ3n) is 2.48. The number of carbonyl (C=O) groups is 1. The fraction of sp³-hybridized carbons (Fsp3) is 0.417. The number of carbonyl (C=O) groups excluding carboxylic acids is 1. The van der Waals surface area contributed by atoms with Crippen molar-refractivity contribution in [1.29, 1.82) is 0 Å². The first-order chi connectivity index (χ1) is 8.42. The maximum Gasteiger partial charge on any atom is 0.322 e. The van der Waals surface area contributed by atoms with E-state index in [1.807, 2.05) is 0 Å². The average Bonchev–Trinajstić information content (AvgIpc) is 2.37. The molecule has 0 spiro atoms. The molecule has 0 aliphatic rings. The zero-order valence-electron chi connectivity index (χ0n) is 10.2. The second kappa shape index (κ2) is 5.77. The number of hydrogen-bond acceptors (Lipinski definition) is 4. The van der Waals surface area contributed by atoms with E-state index in [9.17, 15) is 13.6 Å². The zero-order chi connectivity index (χ0) is 13.8. The minimum absolute atomic E-state index is 0.0552. The number of alkyl halides is 2. The molecule has 4 nitrogen and oxygen atoms in total. The Hall–Kier alpha value is -1.69. The van der Waals surface area contributed by atoms with Crippen LogP contribution in [0.1, 0.15) is 12.0 Å². The van der Waals surface area contributed by atoms with Crippen LogP contribution in [0.15, 0.2) is 24.3 Å². The van der Waals surface area contributed by atoms with Gasteiger partial charge in [-0.05, 0) is 12.1 Å². The average molecular weight is 259 g/mol. The van der Waals surface area contributed by atoms with Gasteiger partial charge in [-0.15, -0.1) is 0 Å². The number of hydrogen-bond donors (Lipinski definition) is 1. The second-order valence-electron chi connectivity index (χ2n) is 3.74. The van der Waals surface area contributed by atoms with Gasteiger partial charge in [0.2, 0.25) is 0 Å². The first-order valence-corrected chi connectivity index (χ1v) is 5.27. The predicted molar refractivity (Wildman–Crippen MR) is 61.5 cm³/mol. The highest BCUT2D eigenvalue weighted by Gasteiger charge is 2.38. The predicted octanol–water partition coefficient (Wildman–Crippen LogP) is 1.68. The van der Waals surface area contributed by atoms with Crippen LogP contribution in [-0.2, 0) is 15.5 Å². The van der Waals surface area contributed by atoms with Gasteiger partial charge in [0, 0.05) is 6.42 Å². The van der Waals surface area contributed by atoms with Gasteiger partial charge in [-0.3, -0.25) is 4.79 Å². The summed E-state index contributed by atoms with van der Waals surface area (Å²) >= 11 is 0. The number of para-hydroxylation sites is 1. The Morgan fingerprint density at radius 3 is 2.56 bits per heavy atom. The molecule has 0 heterocycles. The molecule has 1 aromatic carbocycles. The number of benzene rings is 1. The molecule has 18 heavy (non-hydrogen) atoms. The summed E-state index contributed by atoms with van der Waals surface area (Å²) in [4.78, 5) is 11.1. The summed E-state index contributed by atoms with van der Waals surface area (Å²) in [6, 6.07) is 4.33. The van der Waals surface area contributed by atoms with E-state index in [2.05, 4.69) is 4.74 Å². The van der Waals surface area contributed by atoms with Crippen molar-refractivity contribution in [3.05, 3.63) is 29.8 Å². The van der Waals surface area contributed by atoms with Crippen molar-refractivity contribution in [3.63, 3.8) is 0 Å². The third-order valence-corrected chi connectivity index (χ3v) is 2.48. The maximum atomic E-state index is 14.0. The number of methoxy groups -OCH3 is 2. The van der Waals surface area contributed by atoms with Gasteiger partial charge in [0.1, 0.15) is 11.8 Å². The molecule has 1 atom stereocenters. The molecule has 0 saturated heterocycles. The van der Waals surface area contributed by atoms with Crippen molar-refractivity contribution in [2.24, 2.45) is 5.73 Å². The van der Waals surface area contributed by atoms with Crippen molar-refractivity contribution in [2.45, 2.75) is 18.4 Å². The van der Waals surface area contributed by atoms with Gasteiger partial charge in [-0.25, -0.2) is 8.78 Å². The molecule has 6 heteroatoms. The molecule has 0 saturated carbocycles. The Bertz CT molecular complexity index is 424.